The molecule has 0 saturated carbocycles. The van der Waals surface area contributed by atoms with Crippen LogP contribution in [0.1, 0.15) is 36.9 Å². The number of nitrogens with zero attached hydrogens (tertiary/aromatic N) is 3. The average Bonchev–Trinajstić information content (AvgIpc) is 2.70. The van der Waals surface area contributed by atoms with Crippen LogP contribution in [0.2, 0.25) is 0 Å². The lowest BCUT2D eigenvalue weighted by molar-refractivity contribution is -0.131. The molecule has 3 rings (SSSR count). The Kier molecular flexibility index (Phi) is 6.34. The van der Waals surface area contributed by atoms with Crippen molar-refractivity contribution in [1.82, 2.24) is 19.9 Å². The molecule has 2 aromatic heterocycles. The summed E-state index contributed by atoms with van der Waals surface area (Å²) in [5, 5.41) is 8.94. The lowest BCUT2D eigenvalue weighted by Gasteiger charge is -2.32. The number of H-pyrrole nitrogens is 1. The maximum atomic E-state index is 12.6. The van der Waals surface area contributed by atoms with Gasteiger partial charge in [-0.15, -0.1) is 0 Å². The van der Waals surface area contributed by atoms with Crippen molar-refractivity contribution in [3.05, 3.63) is 46.1 Å². The molecule has 0 atom stereocenters. The van der Waals surface area contributed by atoms with Crippen molar-refractivity contribution in [2.45, 2.75) is 39.0 Å². The van der Waals surface area contributed by atoms with Crippen LogP contribution in [0.3, 0.4) is 0 Å². The maximum Gasteiger partial charge on any atom is 0.255 e. The molecular weight excluding hydrogens is 344 g/mol. The molecule has 1 saturated heterocycles. The molecule has 1 aliphatic heterocycles. The summed E-state index contributed by atoms with van der Waals surface area (Å²) < 4.78 is 0. The summed E-state index contributed by atoms with van der Waals surface area (Å²) in [4.78, 5) is 38.2. The number of aromatic amines is 1. The lowest BCUT2D eigenvalue weighted by atomic mass is 9.92. The van der Waals surface area contributed by atoms with Gasteiger partial charge in [0, 0.05) is 48.9 Å². The van der Waals surface area contributed by atoms with Crippen molar-refractivity contribution in [2.75, 3.05) is 19.7 Å². The maximum absolute atomic E-state index is 12.6. The van der Waals surface area contributed by atoms with Gasteiger partial charge in [-0.25, -0.2) is 4.98 Å². The van der Waals surface area contributed by atoms with Crippen LogP contribution in [0.25, 0.3) is 11.4 Å². The van der Waals surface area contributed by atoms with E-state index in [0.29, 0.717) is 36.1 Å². The van der Waals surface area contributed by atoms with Gasteiger partial charge in [0.2, 0.25) is 5.91 Å². The van der Waals surface area contributed by atoms with Gasteiger partial charge in [-0.1, -0.05) is 0 Å². The molecule has 1 fully saturated rings. The fourth-order valence-electron chi connectivity index (χ4n) is 3.58. The third-order valence-corrected chi connectivity index (χ3v) is 5.24. The van der Waals surface area contributed by atoms with Crippen molar-refractivity contribution in [3.8, 4) is 11.4 Å². The number of nitrogens with one attached hydrogen (secondary N) is 1. The number of aryl methyl sites for hydroxylation is 1. The molecule has 2 aromatic rings. The summed E-state index contributed by atoms with van der Waals surface area (Å²) in [6.45, 7) is 3.43. The molecule has 0 aromatic carbocycles. The quantitative estimate of drug-likeness (QED) is 0.806. The second-order valence-electron chi connectivity index (χ2n) is 7.08. The SMILES string of the molecule is Cc1nc(-c2ccncc2)[nH]c(=O)c1CC(=O)N1CCC(CCCO)CC1. The monoisotopic (exact) mass is 370 g/mol. The van der Waals surface area contributed by atoms with E-state index in [1.54, 1.807) is 31.5 Å². The Morgan fingerprint density at radius 2 is 2.00 bits per heavy atom. The molecule has 7 nitrogen and oxygen atoms in total. The number of aromatic nitrogens is 3. The largest absolute Gasteiger partial charge is 0.396 e. The van der Waals surface area contributed by atoms with Crippen molar-refractivity contribution >= 4 is 5.91 Å². The summed E-state index contributed by atoms with van der Waals surface area (Å²) in [7, 11) is 0. The van der Waals surface area contributed by atoms with Crippen LogP contribution in [0.15, 0.2) is 29.3 Å². The fourth-order valence-corrected chi connectivity index (χ4v) is 3.58. The number of aliphatic hydroxyl groups is 1. The number of aliphatic hydroxyl groups excluding tert-OH is 1. The molecule has 1 aliphatic rings. The molecule has 0 radical (unpaired) electrons. The van der Waals surface area contributed by atoms with Crippen molar-refractivity contribution in [1.29, 1.82) is 0 Å². The van der Waals surface area contributed by atoms with E-state index in [2.05, 4.69) is 15.0 Å². The van der Waals surface area contributed by atoms with E-state index in [4.69, 9.17) is 5.11 Å². The first-order chi connectivity index (χ1) is 13.1. The Bertz CT molecular complexity index is 827. The zero-order chi connectivity index (χ0) is 19.2. The second-order valence-corrected chi connectivity index (χ2v) is 7.08. The highest BCUT2D eigenvalue weighted by molar-refractivity contribution is 5.79. The van der Waals surface area contributed by atoms with Gasteiger partial charge in [0.05, 0.1) is 6.42 Å². The standard InChI is InChI=1S/C20H26N4O3/c1-14-17(20(27)23-19(22-14)16-4-8-21-9-5-16)13-18(26)24-10-6-15(7-11-24)3-2-12-25/h4-5,8-9,15,25H,2-3,6-7,10-13H2,1H3,(H,22,23,27). The number of carbonyl (C=O) groups excluding carboxylic acids is 1. The predicted octanol–water partition coefficient (Wildman–Crippen LogP) is 1.69. The van der Waals surface area contributed by atoms with E-state index in [1.165, 1.54) is 0 Å². The number of piperidine rings is 1. The number of carbonyl (C=O) groups is 1. The number of likely N-dealkylation sites (tertiary alicyclic amines) is 1. The molecule has 7 heteroatoms. The topological polar surface area (TPSA) is 99.2 Å². The van der Waals surface area contributed by atoms with Gasteiger partial charge in [0.15, 0.2) is 0 Å². The number of hydrogen-bond acceptors (Lipinski definition) is 5. The van der Waals surface area contributed by atoms with Crippen molar-refractivity contribution in [3.63, 3.8) is 0 Å². The average molecular weight is 370 g/mol. The van der Waals surface area contributed by atoms with Crippen LogP contribution in [-0.2, 0) is 11.2 Å². The minimum absolute atomic E-state index is 0.0253. The highest BCUT2D eigenvalue weighted by Gasteiger charge is 2.24. The molecule has 2 N–H and O–H groups in total. The van der Waals surface area contributed by atoms with Crippen LogP contribution in [0.5, 0.6) is 0 Å². The minimum atomic E-state index is -0.263. The van der Waals surface area contributed by atoms with Gasteiger partial charge < -0.3 is 15.0 Å². The van der Waals surface area contributed by atoms with Gasteiger partial charge >= 0.3 is 0 Å². The van der Waals surface area contributed by atoms with Gasteiger partial charge in [-0.05, 0) is 50.7 Å². The van der Waals surface area contributed by atoms with Crippen LogP contribution in [-0.4, -0.2) is 50.6 Å². The summed E-state index contributed by atoms with van der Waals surface area (Å²) in [6.07, 6.45) is 7.12. The van der Waals surface area contributed by atoms with Gasteiger partial charge in [0.25, 0.3) is 5.56 Å². The fraction of sp³-hybridized carbons (Fsp3) is 0.500. The van der Waals surface area contributed by atoms with Crippen molar-refractivity contribution in [2.24, 2.45) is 5.92 Å². The molecule has 0 spiro atoms. The molecular formula is C20H26N4O3. The van der Waals surface area contributed by atoms with Gasteiger partial charge in [-0.3, -0.25) is 14.6 Å². The summed E-state index contributed by atoms with van der Waals surface area (Å²) in [6, 6.07) is 3.56. The van der Waals surface area contributed by atoms with Crippen LogP contribution in [0.4, 0.5) is 0 Å². The summed E-state index contributed by atoms with van der Waals surface area (Å²) >= 11 is 0. The van der Waals surface area contributed by atoms with Gasteiger partial charge in [-0.2, -0.15) is 0 Å². The van der Waals surface area contributed by atoms with E-state index in [0.717, 1.165) is 31.2 Å². The van der Waals surface area contributed by atoms with Crippen LogP contribution in [0, 0.1) is 12.8 Å². The number of pyridine rings is 1. The Morgan fingerprint density at radius 3 is 2.63 bits per heavy atom. The Hall–Kier alpha value is -2.54. The highest BCUT2D eigenvalue weighted by Crippen LogP contribution is 2.22. The molecule has 0 bridgehead atoms. The van der Waals surface area contributed by atoms with E-state index < -0.39 is 0 Å². The zero-order valence-corrected chi connectivity index (χ0v) is 15.6. The molecule has 1 amide bonds. The first kappa shape index (κ1) is 19.2. The Morgan fingerprint density at radius 1 is 1.30 bits per heavy atom. The normalized spacial score (nSPS) is 15.1. The molecule has 0 unspecified atom stereocenters. The third kappa shape index (κ3) is 4.80. The van der Waals surface area contributed by atoms with E-state index >= 15 is 0 Å². The predicted molar refractivity (Wildman–Crippen MR) is 102 cm³/mol. The number of rotatable bonds is 6. The first-order valence-corrected chi connectivity index (χ1v) is 9.47. The summed E-state index contributed by atoms with van der Waals surface area (Å²) in [5.41, 5.74) is 1.53. The van der Waals surface area contributed by atoms with E-state index in [-0.39, 0.29) is 24.5 Å². The minimum Gasteiger partial charge on any atom is -0.396 e. The molecule has 3 heterocycles. The van der Waals surface area contributed by atoms with E-state index in [1.807, 2.05) is 4.90 Å². The number of amides is 1. The summed E-state index contributed by atoms with van der Waals surface area (Å²) in [5.74, 6) is 1.04. The Balaban J connectivity index is 1.66. The molecule has 0 aliphatic carbocycles. The third-order valence-electron chi connectivity index (χ3n) is 5.24. The number of hydrogen-bond donors (Lipinski definition) is 2. The van der Waals surface area contributed by atoms with E-state index in [9.17, 15) is 9.59 Å². The molecule has 27 heavy (non-hydrogen) atoms. The second kappa shape index (κ2) is 8.90. The zero-order valence-electron chi connectivity index (χ0n) is 15.6. The van der Waals surface area contributed by atoms with Crippen molar-refractivity contribution < 1.29 is 9.90 Å². The smallest absolute Gasteiger partial charge is 0.255 e. The van der Waals surface area contributed by atoms with Gasteiger partial charge in [0.1, 0.15) is 5.82 Å². The first-order valence-electron chi connectivity index (χ1n) is 9.47. The lowest BCUT2D eigenvalue weighted by Crippen LogP contribution is -2.40. The highest BCUT2D eigenvalue weighted by atomic mass is 16.3. The Labute approximate surface area is 158 Å². The molecule has 144 valence electrons. The van der Waals surface area contributed by atoms with Crippen LogP contribution < -0.4 is 5.56 Å². The van der Waals surface area contributed by atoms with Crippen LogP contribution >= 0.6 is 0 Å².